The Kier molecular flexibility index (Phi) is 6.60. The van der Waals surface area contributed by atoms with E-state index in [2.05, 4.69) is 10.6 Å². The standard InChI is InChI=1S/C26H25N3O3/c30-24(28-16-7-15-27-21-10-5-2-6-11-21)20-12-13-22-23(18-20)26(32)29(25(22)31)17-14-19-8-3-1-4-9-19/h1-6,8-13,18,27H,7,14-17H2,(H,28,30). The van der Waals surface area contributed by atoms with Gasteiger partial charge in [-0.3, -0.25) is 19.3 Å². The topological polar surface area (TPSA) is 78.5 Å². The van der Waals surface area contributed by atoms with Crippen LogP contribution in [0, 0.1) is 0 Å². The molecule has 0 spiro atoms. The number of hydrogen-bond acceptors (Lipinski definition) is 4. The van der Waals surface area contributed by atoms with Crippen molar-refractivity contribution in [2.75, 3.05) is 25.0 Å². The number of para-hydroxylation sites is 1. The zero-order chi connectivity index (χ0) is 22.3. The molecule has 2 N–H and O–H groups in total. The summed E-state index contributed by atoms with van der Waals surface area (Å²) in [5, 5.41) is 6.16. The van der Waals surface area contributed by atoms with Crippen molar-refractivity contribution in [3.8, 4) is 0 Å². The predicted molar refractivity (Wildman–Crippen MR) is 124 cm³/mol. The molecule has 6 heteroatoms. The normalized spacial score (nSPS) is 12.6. The Morgan fingerprint density at radius 2 is 1.47 bits per heavy atom. The monoisotopic (exact) mass is 427 g/mol. The van der Waals surface area contributed by atoms with E-state index in [4.69, 9.17) is 0 Å². The van der Waals surface area contributed by atoms with Crippen molar-refractivity contribution >= 4 is 23.4 Å². The fraction of sp³-hybridized carbons (Fsp3) is 0.192. The Bertz CT molecular complexity index is 1110. The highest BCUT2D eigenvalue weighted by Gasteiger charge is 2.35. The molecule has 0 saturated heterocycles. The van der Waals surface area contributed by atoms with Crippen molar-refractivity contribution in [1.29, 1.82) is 0 Å². The molecule has 1 aliphatic rings. The van der Waals surface area contributed by atoms with Gasteiger partial charge in [0, 0.05) is 30.9 Å². The van der Waals surface area contributed by atoms with Crippen molar-refractivity contribution in [3.63, 3.8) is 0 Å². The molecule has 3 aromatic rings. The maximum atomic E-state index is 12.8. The third-order valence-corrected chi connectivity index (χ3v) is 5.44. The quantitative estimate of drug-likeness (QED) is 0.403. The summed E-state index contributed by atoms with van der Waals surface area (Å²) >= 11 is 0. The third kappa shape index (κ3) is 4.86. The summed E-state index contributed by atoms with van der Waals surface area (Å²) in [4.78, 5) is 39.2. The number of rotatable bonds is 9. The number of carbonyl (C=O) groups excluding carboxylic acids is 3. The molecule has 0 aliphatic carbocycles. The van der Waals surface area contributed by atoms with Gasteiger partial charge in [-0.25, -0.2) is 0 Å². The number of benzene rings is 3. The van der Waals surface area contributed by atoms with Gasteiger partial charge in [0.25, 0.3) is 17.7 Å². The Balaban J connectivity index is 1.31. The molecule has 1 heterocycles. The van der Waals surface area contributed by atoms with E-state index in [1.165, 1.54) is 11.0 Å². The lowest BCUT2D eigenvalue weighted by Crippen LogP contribution is -2.31. The second-order valence-corrected chi connectivity index (χ2v) is 7.66. The highest BCUT2D eigenvalue weighted by atomic mass is 16.2. The summed E-state index contributed by atoms with van der Waals surface area (Å²) in [5.74, 6) is -0.905. The zero-order valence-corrected chi connectivity index (χ0v) is 17.7. The number of anilines is 1. The number of imide groups is 1. The molecule has 0 saturated carbocycles. The lowest BCUT2D eigenvalue weighted by Gasteiger charge is -2.13. The van der Waals surface area contributed by atoms with Gasteiger partial charge in [-0.05, 0) is 48.7 Å². The average molecular weight is 428 g/mol. The lowest BCUT2D eigenvalue weighted by atomic mass is 10.1. The van der Waals surface area contributed by atoms with E-state index in [-0.39, 0.29) is 17.7 Å². The Hall–Kier alpha value is -3.93. The smallest absolute Gasteiger partial charge is 0.261 e. The molecular formula is C26H25N3O3. The van der Waals surface area contributed by atoms with Crippen LogP contribution in [-0.2, 0) is 6.42 Å². The molecule has 0 unspecified atom stereocenters. The number of amides is 3. The van der Waals surface area contributed by atoms with Gasteiger partial charge in [0.2, 0.25) is 0 Å². The van der Waals surface area contributed by atoms with E-state index in [1.807, 2.05) is 60.7 Å². The van der Waals surface area contributed by atoms with Crippen LogP contribution in [0.15, 0.2) is 78.9 Å². The Labute approximate surface area is 187 Å². The summed E-state index contributed by atoms with van der Waals surface area (Å²) in [6.07, 6.45) is 1.35. The molecule has 32 heavy (non-hydrogen) atoms. The van der Waals surface area contributed by atoms with Crippen LogP contribution < -0.4 is 10.6 Å². The summed E-state index contributed by atoms with van der Waals surface area (Å²) < 4.78 is 0. The van der Waals surface area contributed by atoms with Gasteiger partial charge < -0.3 is 10.6 Å². The average Bonchev–Trinajstić information content (AvgIpc) is 3.07. The van der Waals surface area contributed by atoms with Crippen molar-refractivity contribution < 1.29 is 14.4 Å². The fourth-order valence-electron chi connectivity index (χ4n) is 3.70. The van der Waals surface area contributed by atoms with Gasteiger partial charge in [-0.2, -0.15) is 0 Å². The van der Waals surface area contributed by atoms with Gasteiger partial charge in [0.05, 0.1) is 11.1 Å². The van der Waals surface area contributed by atoms with Crippen molar-refractivity contribution in [3.05, 3.63) is 101 Å². The highest BCUT2D eigenvalue weighted by Crippen LogP contribution is 2.24. The number of carbonyl (C=O) groups is 3. The molecule has 3 amide bonds. The maximum Gasteiger partial charge on any atom is 0.261 e. The van der Waals surface area contributed by atoms with E-state index < -0.39 is 0 Å². The Morgan fingerprint density at radius 1 is 0.781 bits per heavy atom. The number of nitrogens with one attached hydrogen (secondary N) is 2. The molecule has 162 valence electrons. The van der Waals surface area contributed by atoms with Gasteiger partial charge in [-0.15, -0.1) is 0 Å². The largest absolute Gasteiger partial charge is 0.385 e. The van der Waals surface area contributed by atoms with Crippen LogP contribution in [0.2, 0.25) is 0 Å². The van der Waals surface area contributed by atoms with E-state index in [9.17, 15) is 14.4 Å². The van der Waals surface area contributed by atoms with E-state index in [0.29, 0.717) is 36.2 Å². The van der Waals surface area contributed by atoms with Crippen LogP contribution >= 0.6 is 0 Å². The molecule has 0 atom stereocenters. The summed E-state index contributed by atoms with van der Waals surface area (Å²) in [6.45, 7) is 1.55. The molecule has 3 aromatic carbocycles. The summed E-state index contributed by atoms with van der Waals surface area (Å²) in [7, 11) is 0. The minimum absolute atomic E-state index is 0.254. The van der Waals surface area contributed by atoms with Crippen molar-refractivity contribution in [2.24, 2.45) is 0 Å². The molecule has 0 aromatic heterocycles. The molecule has 0 fully saturated rings. The zero-order valence-electron chi connectivity index (χ0n) is 17.7. The van der Waals surface area contributed by atoms with E-state index >= 15 is 0 Å². The maximum absolute atomic E-state index is 12.8. The first-order valence-electron chi connectivity index (χ1n) is 10.7. The van der Waals surface area contributed by atoms with Crippen LogP contribution in [0.25, 0.3) is 0 Å². The molecule has 0 bridgehead atoms. The lowest BCUT2D eigenvalue weighted by molar-refractivity contribution is 0.0656. The SMILES string of the molecule is O=C(NCCCNc1ccccc1)c1ccc2c(c1)C(=O)N(CCc1ccccc1)C2=O. The van der Waals surface area contributed by atoms with Crippen LogP contribution in [-0.4, -0.2) is 42.3 Å². The summed E-state index contributed by atoms with van der Waals surface area (Å²) in [6, 6.07) is 24.3. The molecule has 1 aliphatic heterocycles. The van der Waals surface area contributed by atoms with Crippen LogP contribution in [0.5, 0.6) is 0 Å². The number of hydrogen-bond donors (Lipinski definition) is 2. The van der Waals surface area contributed by atoms with E-state index in [0.717, 1.165) is 24.2 Å². The predicted octanol–water partition coefficient (Wildman–Crippen LogP) is 3.76. The first-order chi connectivity index (χ1) is 15.6. The van der Waals surface area contributed by atoms with Gasteiger partial charge in [0.1, 0.15) is 0 Å². The first-order valence-corrected chi connectivity index (χ1v) is 10.7. The molecular weight excluding hydrogens is 402 g/mol. The van der Waals surface area contributed by atoms with Crippen LogP contribution in [0.4, 0.5) is 5.69 Å². The minimum atomic E-state index is -0.345. The number of fused-ring (bicyclic) bond motifs is 1. The molecule has 6 nitrogen and oxygen atoms in total. The second-order valence-electron chi connectivity index (χ2n) is 7.66. The Morgan fingerprint density at radius 3 is 2.22 bits per heavy atom. The highest BCUT2D eigenvalue weighted by molar-refractivity contribution is 6.22. The van der Waals surface area contributed by atoms with Crippen LogP contribution in [0.3, 0.4) is 0 Å². The first kappa shape index (κ1) is 21.3. The third-order valence-electron chi connectivity index (χ3n) is 5.44. The van der Waals surface area contributed by atoms with Gasteiger partial charge in [0.15, 0.2) is 0 Å². The van der Waals surface area contributed by atoms with Crippen molar-refractivity contribution in [1.82, 2.24) is 10.2 Å². The van der Waals surface area contributed by atoms with Gasteiger partial charge >= 0.3 is 0 Å². The van der Waals surface area contributed by atoms with Gasteiger partial charge in [-0.1, -0.05) is 48.5 Å². The molecule has 0 radical (unpaired) electrons. The van der Waals surface area contributed by atoms with E-state index in [1.54, 1.807) is 12.1 Å². The second kappa shape index (κ2) is 9.92. The van der Waals surface area contributed by atoms with Crippen LogP contribution in [0.1, 0.15) is 43.1 Å². The fourth-order valence-corrected chi connectivity index (χ4v) is 3.70. The minimum Gasteiger partial charge on any atom is -0.385 e. The molecule has 4 rings (SSSR count). The number of nitrogens with zero attached hydrogens (tertiary/aromatic N) is 1. The summed E-state index contributed by atoms with van der Waals surface area (Å²) in [5.41, 5.74) is 3.13. The van der Waals surface area contributed by atoms with Crippen molar-refractivity contribution in [2.45, 2.75) is 12.8 Å².